The van der Waals surface area contributed by atoms with Gasteiger partial charge in [0.1, 0.15) is 11.1 Å². The molecule has 1 aliphatic rings. The Morgan fingerprint density at radius 1 is 1.38 bits per heavy atom. The van der Waals surface area contributed by atoms with Gasteiger partial charge >= 0.3 is 0 Å². The number of nitriles is 1. The molecule has 1 amide bonds. The van der Waals surface area contributed by atoms with Gasteiger partial charge in [-0.05, 0) is 55.9 Å². The van der Waals surface area contributed by atoms with E-state index in [1.54, 1.807) is 0 Å². The van der Waals surface area contributed by atoms with Crippen molar-refractivity contribution in [2.45, 2.75) is 44.6 Å². The Hall–Kier alpha value is -2.32. The van der Waals surface area contributed by atoms with Crippen molar-refractivity contribution in [2.24, 2.45) is 5.92 Å². The van der Waals surface area contributed by atoms with Crippen LogP contribution in [0.2, 0.25) is 0 Å². The van der Waals surface area contributed by atoms with E-state index in [9.17, 15) is 10.1 Å². The average molecular weight is 366 g/mol. The van der Waals surface area contributed by atoms with Gasteiger partial charge in [0.05, 0.1) is 5.56 Å². The molecule has 26 heavy (non-hydrogen) atoms. The van der Waals surface area contributed by atoms with Crippen molar-refractivity contribution in [3.8, 4) is 6.07 Å². The number of carbonyl (C=O) groups is 1. The van der Waals surface area contributed by atoms with Crippen LogP contribution in [0, 0.1) is 24.2 Å². The molecule has 1 N–H and O–H groups in total. The summed E-state index contributed by atoms with van der Waals surface area (Å²) in [5.41, 5.74) is 4.93. The van der Waals surface area contributed by atoms with Crippen LogP contribution in [-0.4, -0.2) is 16.6 Å². The van der Waals surface area contributed by atoms with Crippen LogP contribution in [0.15, 0.2) is 35.4 Å². The van der Waals surface area contributed by atoms with E-state index in [0.29, 0.717) is 23.7 Å². The smallest absolute Gasteiger partial charge is 0.225 e. The van der Waals surface area contributed by atoms with E-state index in [-0.39, 0.29) is 5.91 Å². The fourth-order valence-corrected chi connectivity index (χ4v) is 4.03. The minimum atomic E-state index is -0.0216. The van der Waals surface area contributed by atoms with Crippen molar-refractivity contribution in [1.82, 2.24) is 4.98 Å². The van der Waals surface area contributed by atoms with Crippen LogP contribution in [0.1, 0.15) is 42.1 Å². The summed E-state index contributed by atoms with van der Waals surface area (Å²) in [4.78, 5) is 16.8. The molecule has 0 radical (unpaired) electrons. The molecular formula is C21H23N3OS. The molecule has 0 saturated heterocycles. The molecule has 1 aromatic carbocycles. The minimum absolute atomic E-state index is 0.0216. The molecule has 134 valence electrons. The first-order valence-electron chi connectivity index (χ1n) is 8.97. The summed E-state index contributed by atoms with van der Waals surface area (Å²) in [6.45, 7) is 4.26. The van der Waals surface area contributed by atoms with Gasteiger partial charge < -0.3 is 5.32 Å². The number of nitrogens with one attached hydrogen (secondary N) is 1. The van der Waals surface area contributed by atoms with Gasteiger partial charge in [0.2, 0.25) is 5.91 Å². The van der Waals surface area contributed by atoms with Gasteiger partial charge in [-0.1, -0.05) is 24.6 Å². The maximum atomic E-state index is 12.1. The Morgan fingerprint density at radius 3 is 2.88 bits per heavy atom. The highest BCUT2D eigenvalue weighted by Gasteiger charge is 2.19. The number of rotatable bonds is 5. The number of nitrogens with zero attached hydrogens (tertiary/aromatic N) is 2. The molecule has 1 unspecified atom stereocenters. The van der Waals surface area contributed by atoms with Crippen LogP contribution in [0.25, 0.3) is 0 Å². The number of benzene rings is 1. The van der Waals surface area contributed by atoms with Crippen molar-refractivity contribution in [3.05, 3.63) is 52.7 Å². The molecule has 5 heteroatoms. The minimum Gasteiger partial charge on any atom is -0.326 e. The number of carbonyl (C=O) groups excluding carboxylic acids is 1. The summed E-state index contributed by atoms with van der Waals surface area (Å²) in [6.07, 6.45) is 3.51. The van der Waals surface area contributed by atoms with Gasteiger partial charge in [-0.15, -0.1) is 11.8 Å². The molecule has 1 aromatic heterocycles. The van der Waals surface area contributed by atoms with E-state index in [4.69, 9.17) is 4.98 Å². The third-order valence-corrected chi connectivity index (χ3v) is 5.62. The van der Waals surface area contributed by atoms with E-state index >= 15 is 0 Å². The largest absolute Gasteiger partial charge is 0.326 e. The Labute approximate surface area is 159 Å². The summed E-state index contributed by atoms with van der Waals surface area (Å²) >= 11 is 1.49. The second-order valence-corrected chi connectivity index (χ2v) is 8.00. The predicted octanol–water partition coefficient (Wildman–Crippen LogP) is 4.51. The molecule has 4 nitrogen and oxygen atoms in total. The van der Waals surface area contributed by atoms with Crippen molar-refractivity contribution in [3.63, 3.8) is 0 Å². The number of pyridine rings is 1. The predicted molar refractivity (Wildman–Crippen MR) is 105 cm³/mol. The maximum Gasteiger partial charge on any atom is 0.225 e. The number of aryl methyl sites for hydroxylation is 2. The molecule has 0 bridgehead atoms. The van der Waals surface area contributed by atoms with Crippen LogP contribution in [-0.2, 0) is 17.6 Å². The summed E-state index contributed by atoms with van der Waals surface area (Å²) in [5, 5.41) is 13.1. The topological polar surface area (TPSA) is 65.8 Å². The average Bonchev–Trinajstić information content (AvgIpc) is 2.63. The Morgan fingerprint density at radius 2 is 2.15 bits per heavy atom. The first-order valence-corrected chi connectivity index (χ1v) is 9.96. The number of amides is 1. The second-order valence-electron chi connectivity index (χ2n) is 6.92. The van der Waals surface area contributed by atoms with Crippen molar-refractivity contribution in [1.29, 1.82) is 5.26 Å². The molecular weight excluding hydrogens is 342 g/mol. The quantitative estimate of drug-likeness (QED) is 0.792. The van der Waals surface area contributed by atoms with Gasteiger partial charge in [0.25, 0.3) is 0 Å². The van der Waals surface area contributed by atoms with Gasteiger partial charge in [-0.2, -0.15) is 5.26 Å². The Balaban J connectivity index is 1.58. The van der Waals surface area contributed by atoms with Crippen LogP contribution in [0.5, 0.6) is 0 Å². The van der Waals surface area contributed by atoms with Crippen LogP contribution in [0.3, 0.4) is 0 Å². The van der Waals surface area contributed by atoms with E-state index in [1.165, 1.54) is 17.3 Å². The highest BCUT2D eigenvalue weighted by atomic mass is 32.2. The van der Waals surface area contributed by atoms with Gasteiger partial charge in [-0.3, -0.25) is 4.79 Å². The maximum absolute atomic E-state index is 12.1. The van der Waals surface area contributed by atoms with E-state index in [2.05, 4.69) is 18.3 Å². The fraction of sp³-hybridized carbons (Fsp3) is 0.381. The number of hydrogen-bond donors (Lipinski definition) is 1. The van der Waals surface area contributed by atoms with Gasteiger partial charge in [0.15, 0.2) is 0 Å². The number of fused-ring (bicyclic) bond motifs is 1. The molecule has 1 atom stereocenters. The zero-order valence-corrected chi connectivity index (χ0v) is 16.0. The van der Waals surface area contributed by atoms with E-state index < -0.39 is 0 Å². The van der Waals surface area contributed by atoms with Crippen LogP contribution < -0.4 is 5.32 Å². The third kappa shape index (κ3) is 4.64. The van der Waals surface area contributed by atoms with Crippen LogP contribution >= 0.6 is 11.8 Å². The van der Waals surface area contributed by atoms with Gasteiger partial charge in [-0.25, -0.2) is 4.98 Å². The Bertz CT molecular complexity index is 840. The van der Waals surface area contributed by atoms with E-state index in [1.807, 2.05) is 37.3 Å². The molecule has 0 fully saturated rings. The SMILES string of the molecule is Cc1ccc(NC(=O)CCSc2nc3c(cc2C#N)CC(C)CC3)cc1. The lowest BCUT2D eigenvalue weighted by Gasteiger charge is -2.21. The standard InChI is InChI=1S/C21H23N3OS/c1-14-3-6-18(7-4-14)23-20(25)9-10-26-21-17(13-22)12-16-11-15(2)5-8-19(16)24-21/h3-4,6-7,12,15H,5,8-11H2,1-2H3,(H,23,25). The zero-order chi connectivity index (χ0) is 18.5. The van der Waals surface area contributed by atoms with Gasteiger partial charge in [0, 0.05) is 23.6 Å². The molecule has 0 spiro atoms. The fourth-order valence-electron chi connectivity index (χ4n) is 3.12. The number of hydrogen-bond acceptors (Lipinski definition) is 4. The lowest BCUT2D eigenvalue weighted by Crippen LogP contribution is -2.14. The zero-order valence-electron chi connectivity index (χ0n) is 15.2. The molecule has 0 aliphatic heterocycles. The summed E-state index contributed by atoms with van der Waals surface area (Å²) in [6, 6.07) is 12.0. The molecule has 0 saturated carbocycles. The second kappa shape index (κ2) is 8.37. The summed E-state index contributed by atoms with van der Waals surface area (Å²) in [7, 11) is 0. The monoisotopic (exact) mass is 365 g/mol. The number of thioether (sulfide) groups is 1. The first kappa shape index (κ1) is 18.5. The molecule has 1 aliphatic carbocycles. The van der Waals surface area contributed by atoms with Crippen LogP contribution in [0.4, 0.5) is 5.69 Å². The highest BCUT2D eigenvalue weighted by Crippen LogP contribution is 2.29. The molecule has 2 aromatic rings. The number of anilines is 1. The highest BCUT2D eigenvalue weighted by molar-refractivity contribution is 7.99. The Kier molecular flexibility index (Phi) is 5.95. The first-order chi connectivity index (χ1) is 12.5. The molecule has 3 rings (SSSR count). The van der Waals surface area contributed by atoms with Crippen molar-refractivity contribution >= 4 is 23.4 Å². The molecule has 1 heterocycles. The van der Waals surface area contributed by atoms with Crippen molar-refractivity contribution < 1.29 is 4.79 Å². The summed E-state index contributed by atoms with van der Waals surface area (Å²) < 4.78 is 0. The number of aromatic nitrogens is 1. The lowest BCUT2D eigenvalue weighted by molar-refractivity contribution is -0.115. The van der Waals surface area contributed by atoms with Crippen molar-refractivity contribution in [2.75, 3.05) is 11.1 Å². The third-order valence-electron chi connectivity index (χ3n) is 4.62. The lowest BCUT2D eigenvalue weighted by atomic mass is 9.87. The normalized spacial score (nSPS) is 15.8. The summed E-state index contributed by atoms with van der Waals surface area (Å²) in [5.74, 6) is 1.24. The van der Waals surface area contributed by atoms with E-state index in [0.717, 1.165) is 41.2 Å².